The fourth-order valence-corrected chi connectivity index (χ4v) is 2.13. The van der Waals surface area contributed by atoms with Crippen molar-refractivity contribution in [1.82, 2.24) is 5.32 Å². The van der Waals surface area contributed by atoms with Crippen molar-refractivity contribution in [1.29, 1.82) is 0 Å². The molecular formula is C15H21NO4. The van der Waals surface area contributed by atoms with Crippen molar-refractivity contribution in [3.8, 4) is 5.75 Å². The van der Waals surface area contributed by atoms with E-state index in [2.05, 4.69) is 5.32 Å². The summed E-state index contributed by atoms with van der Waals surface area (Å²) in [5, 5.41) is 12.8. The van der Waals surface area contributed by atoms with Crippen molar-refractivity contribution in [3.05, 3.63) is 29.8 Å². The fraction of sp³-hybridized carbons (Fsp3) is 0.533. The van der Waals surface area contributed by atoms with Crippen LogP contribution in [-0.4, -0.2) is 43.0 Å². The number of carbonyl (C=O) groups excluding carboxylic acids is 1. The Morgan fingerprint density at radius 3 is 3.00 bits per heavy atom. The Morgan fingerprint density at radius 1 is 1.55 bits per heavy atom. The molecule has 0 bridgehead atoms. The number of amides is 1. The quantitative estimate of drug-likeness (QED) is 0.811. The van der Waals surface area contributed by atoms with Crippen LogP contribution in [0.25, 0.3) is 0 Å². The third kappa shape index (κ3) is 3.71. The minimum absolute atomic E-state index is 0.186. The molecule has 5 heteroatoms. The maximum atomic E-state index is 12.1. The Morgan fingerprint density at radius 2 is 2.30 bits per heavy atom. The first-order chi connectivity index (χ1) is 9.52. The first kappa shape index (κ1) is 14.8. The standard InChI is InChI=1S/C15H21NO4/c1-15(18,7-8-19-2)10-16-14(17)13-9-11-5-3-4-6-12(11)20-13/h3-6,13,18H,7-10H2,1-2H3,(H,16,17). The predicted octanol–water partition coefficient (Wildman–Crippen LogP) is 0.894. The summed E-state index contributed by atoms with van der Waals surface area (Å²) in [5.74, 6) is 0.567. The van der Waals surface area contributed by atoms with Gasteiger partial charge in [-0.2, -0.15) is 0 Å². The molecule has 5 nitrogen and oxygen atoms in total. The van der Waals surface area contributed by atoms with E-state index in [9.17, 15) is 9.90 Å². The van der Waals surface area contributed by atoms with E-state index in [0.717, 1.165) is 11.3 Å². The Hall–Kier alpha value is -1.59. The van der Waals surface area contributed by atoms with Gasteiger partial charge in [0.1, 0.15) is 5.75 Å². The van der Waals surface area contributed by atoms with E-state index < -0.39 is 11.7 Å². The maximum absolute atomic E-state index is 12.1. The van der Waals surface area contributed by atoms with Crippen molar-refractivity contribution in [2.75, 3.05) is 20.3 Å². The molecule has 1 aromatic carbocycles. The zero-order chi connectivity index (χ0) is 14.6. The van der Waals surface area contributed by atoms with Gasteiger partial charge in [-0.25, -0.2) is 0 Å². The number of fused-ring (bicyclic) bond motifs is 1. The number of nitrogens with one attached hydrogen (secondary N) is 1. The molecule has 1 aliphatic heterocycles. The van der Waals surface area contributed by atoms with Gasteiger partial charge in [0.25, 0.3) is 5.91 Å². The number of rotatable bonds is 6. The summed E-state index contributed by atoms with van der Waals surface area (Å²) in [7, 11) is 1.58. The summed E-state index contributed by atoms with van der Waals surface area (Å²) in [5.41, 5.74) is 0.0655. The number of hydrogen-bond acceptors (Lipinski definition) is 4. The van der Waals surface area contributed by atoms with Crippen molar-refractivity contribution < 1.29 is 19.4 Å². The molecule has 2 unspecified atom stereocenters. The van der Waals surface area contributed by atoms with Crippen LogP contribution < -0.4 is 10.1 Å². The van der Waals surface area contributed by atoms with Gasteiger partial charge in [0, 0.05) is 33.1 Å². The average Bonchev–Trinajstić information content (AvgIpc) is 2.86. The van der Waals surface area contributed by atoms with Gasteiger partial charge >= 0.3 is 0 Å². The number of ether oxygens (including phenoxy) is 2. The molecule has 1 aromatic rings. The van der Waals surface area contributed by atoms with E-state index in [1.807, 2.05) is 24.3 Å². The Labute approximate surface area is 118 Å². The highest BCUT2D eigenvalue weighted by Crippen LogP contribution is 2.28. The molecule has 0 radical (unpaired) electrons. The van der Waals surface area contributed by atoms with Crippen molar-refractivity contribution in [3.63, 3.8) is 0 Å². The molecule has 0 saturated heterocycles. The second kappa shape index (κ2) is 6.24. The number of benzene rings is 1. The first-order valence-electron chi connectivity index (χ1n) is 6.75. The second-order valence-electron chi connectivity index (χ2n) is 5.38. The molecule has 1 amide bonds. The molecule has 2 rings (SSSR count). The summed E-state index contributed by atoms with van der Waals surface area (Å²) in [4.78, 5) is 12.1. The monoisotopic (exact) mass is 279 g/mol. The van der Waals surface area contributed by atoms with Crippen LogP contribution in [-0.2, 0) is 16.0 Å². The van der Waals surface area contributed by atoms with Gasteiger partial charge in [-0.3, -0.25) is 4.79 Å². The van der Waals surface area contributed by atoms with E-state index >= 15 is 0 Å². The van der Waals surface area contributed by atoms with Crippen LogP contribution in [0.3, 0.4) is 0 Å². The number of methoxy groups -OCH3 is 1. The average molecular weight is 279 g/mol. The van der Waals surface area contributed by atoms with E-state index in [-0.39, 0.29) is 12.5 Å². The molecule has 1 aliphatic rings. The summed E-state index contributed by atoms with van der Waals surface area (Å²) in [6.07, 6.45) is 0.531. The van der Waals surface area contributed by atoms with Gasteiger partial charge in [0.05, 0.1) is 5.60 Å². The van der Waals surface area contributed by atoms with Gasteiger partial charge in [0.2, 0.25) is 0 Å². The third-order valence-electron chi connectivity index (χ3n) is 3.43. The fourth-order valence-electron chi connectivity index (χ4n) is 2.13. The number of para-hydroxylation sites is 1. The molecule has 110 valence electrons. The summed E-state index contributed by atoms with van der Waals surface area (Å²) in [6.45, 7) is 2.32. The van der Waals surface area contributed by atoms with Crippen LogP contribution >= 0.6 is 0 Å². The van der Waals surface area contributed by atoms with Crippen LogP contribution in [0, 0.1) is 0 Å². The minimum Gasteiger partial charge on any atom is -0.480 e. The highest BCUT2D eigenvalue weighted by atomic mass is 16.5. The second-order valence-corrected chi connectivity index (χ2v) is 5.38. The van der Waals surface area contributed by atoms with Crippen LogP contribution in [0.15, 0.2) is 24.3 Å². The zero-order valence-corrected chi connectivity index (χ0v) is 11.9. The van der Waals surface area contributed by atoms with Gasteiger partial charge in [0.15, 0.2) is 6.10 Å². The zero-order valence-electron chi connectivity index (χ0n) is 11.9. The van der Waals surface area contributed by atoms with E-state index in [0.29, 0.717) is 19.4 Å². The van der Waals surface area contributed by atoms with E-state index in [1.54, 1.807) is 14.0 Å². The van der Waals surface area contributed by atoms with E-state index in [1.165, 1.54) is 0 Å². The molecule has 20 heavy (non-hydrogen) atoms. The summed E-state index contributed by atoms with van der Waals surface area (Å²) >= 11 is 0. The summed E-state index contributed by atoms with van der Waals surface area (Å²) in [6, 6.07) is 7.63. The highest BCUT2D eigenvalue weighted by Gasteiger charge is 2.30. The lowest BCUT2D eigenvalue weighted by atomic mass is 10.0. The van der Waals surface area contributed by atoms with Gasteiger partial charge in [-0.15, -0.1) is 0 Å². The first-order valence-corrected chi connectivity index (χ1v) is 6.75. The van der Waals surface area contributed by atoms with Crippen molar-refractivity contribution in [2.45, 2.75) is 31.5 Å². The highest BCUT2D eigenvalue weighted by molar-refractivity contribution is 5.82. The van der Waals surface area contributed by atoms with E-state index in [4.69, 9.17) is 9.47 Å². The molecule has 0 fully saturated rings. The predicted molar refractivity (Wildman–Crippen MR) is 74.7 cm³/mol. The smallest absolute Gasteiger partial charge is 0.261 e. The number of hydrogen-bond donors (Lipinski definition) is 2. The Kier molecular flexibility index (Phi) is 4.62. The maximum Gasteiger partial charge on any atom is 0.261 e. The van der Waals surface area contributed by atoms with Crippen LogP contribution in [0.4, 0.5) is 0 Å². The van der Waals surface area contributed by atoms with Crippen LogP contribution in [0.1, 0.15) is 18.9 Å². The molecule has 2 atom stereocenters. The molecule has 2 N–H and O–H groups in total. The number of aliphatic hydroxyl groups is 1. The molecule has 0 saturated carbocycles. The molecule has 0 aromatic heterocycles. The van der Waals surface area contributed by atoms with Crippen molar-refractivity contribution in [2.24, 2.45) is 0 Å². The van der Waals surface area contributed by atoms with Crippen LogP contribution in [0.2, 0.25) is 0 Å². The SMILES string of the molecule is COCCC(C)(O)CNC(=O)C1Cc2ccccc2O1. The topological polar surface area (TPSA) is 67.8 Å². The lowest BCUT2D eigenvalue weighted by Crippen LogP contribution is -2.46. The minimum atomic E-state index is -0.975. The molecule has 0 spiro atoms. The largest absolute Gasteiger partial charge is 0.480 e. The molecular weight excluding hydrogens is 258 g/mol. The molecule has 0 aliphatic carbocycles. The summed E-state index contributed by atoms with van der Waals surface area (Å²) < 4.78 is 10.5. The third-order valence-corrected chi connectivity index (χ3v) is 3.43. The molecule has 1 heterocycles. The normalized spacial score (nSPS) is 19.9. The Balaban J connectivity index is 1.82. The Bertz CT molecular complexity index is 448. The number of carbonyl (C=O) groups is 1. The lowest BCUT2D eigenvalue weighted by molar-refractivity contribution is -0.128. The lowest BCUT2D eigenvalue weighted by Gasteiger charge is -2.24. The van der Waals surface area contributed by atoms with Gasteiger partial charge < -0.3 is 19.9 Å². The van der Waals surface area contributed by atoms with Gasteiger partial charge in [-0.05, 0) is 18.6 Å². The van der Waals surface area contributed by atoms with Gasteiger partial charge in [-0.1, -0.05) is 18.2 Å². The van der Waals surface area contributed by atoms with Crippen molar-refractivity contribution >= 4 is 5.91 Å². The van der Waals surface area contributed by atoms with Crippen LogP contribution in [0.5, 0.6) is 5.75 Å².